The number of phenols is 1. The Kier molecular flexibility index (Phi) is 17.3. The highest BCUT2D eigenvalue weighted by Gasteiger charge is 2.38. The third kappa shape index (κ3) is 12.9. The first-order valence-electron chi connectivity index (χ1n) is 20.0. The van der Waals surface area contributed by atoms with Gasteiger partial charge in [0.1, 0.15) is 5.75 Å². The molecule has 1 aromatic heterocycles. The van der Waals surface area contributed by atoms with Gasteiger partial charge < -0.3 is 25.0 Å². The highest BCUT2D eigenvalue weighted by molar-refractivity contribution is 7.99. The molecule has 5 rings (SSSR count). The summed E-state index contributed by atoms with van der Waals surface area (Å²) in [4.78, 5) is 12.6. The number of hydrogen-bond donors (Lipinski definition) is 3. The van der Waals surface area contributed by atoms with Gasteiger partial charge in [-0.3, -0.25) is 4.79 Å². The summed E-state index contributed by atoms with van der Waals surface area (Å²) in [5.41, 5.74) is 4.52. The van der Waals surface area contributed by atoms with Crippen molar-refractivity contribution in [3.63, 3.8) is 0 Å². The summed E-state index contributed by atoms with van der Waals surface area (Å²) in [6.07, 6.45) is 16.3. The zero-order chi connectivity index (χ0) is 38.0. The maximum absolute atomic E-state index is 12.6. The SMILES string of the molecule is CCCCCCCCCCCCCCCC(=O)NCc1ccc(C2OC(CSc3nnnn3-c3ccc(O)cc3)C(C)C(c3ccc(CO)cc3)O2)cc1. The fourth-order valence-electron chi connectivity index (χ4n) is 6.88. The molecule has 0 aliphatic carbocycles. The van der Waals surface area contributed by atoms with Crippen molar-refractivity contribution in [2.24, 2.45) is 5.92 Å². The van der Waals surface area contributed by atoms with E-state index in [-0.39, 0.29) is 36.4 Å². The summed E-state index contributed by atoms with van der Waals surface area (Å²) < 4.78 is 14.9. The molecule has 0 saturated carbocycles. The van der Waals surface area contributed by atoms with Crippen LogP contribution in [0.15, 0.2) is 78.0 Å². The van der Waals surface area contributed by atoms with E-state index in [1.54, 1.807) is 28.9 Å². The molecule has 4 aromatic rings. The molecule has 10 nitrogen and oxygen atoms in total. The average molecular weight is 758 g/mol. The van der Waals surface area contributed by atoms with E-state index in [9.17, 15) is 15.0 Å². The van der Waals surface area contributed by atoms with Crippen LogP contribution in [0.3, 0.4) is 0 Å². The normalized spacial score (nSPS) is 18.5. The van der Waals surface area contributed by atoms with Crippen molar-refractivity contribution in [3.05, 3.63) is 95.1 Å². The van der Waals surface area contributed by atoms with Gasteiger partial charge >= 0.3 is 0 Å². The molecule has 11 heteroatoms. The largest absolute Gasteiger partial charge is 0.508 e. The number of phenolic OH excluding ortho intramolecular Hbond substituents is 1. The lowest BCUT2D eigenvalue weighted by molar-refractivity contribution is -0.268. The van der Waals surface area contributed by atoms with Gasteiger partial charge in [-0.2, -0.15) is 4.68 Å². The van der Waals surface area contributed by atoms with E-state index < -0.39 is 6.29 Å². The first-order chi connectivity index (χ1) is 26.4. The van der Waals surface area contributed by atoms with Gasteiger partial charge in [-0.25, -0.2) is 0 Å². The Balaban J connectivity index is 1.09. The van der Waals surface area contributed by atoms with E-state index in [0.29, 0.717) is 23.9 Å². The highest BCUT2D eigenvalue weighted by Crippen LogP contribution is 2.43. The average Bonchev–Trinajstić information content (AvgIpc) is 3.67. The van der Waals surface area contributed by atoms with Crippen LogP contribution < -0.4 is 5.32 Å². The van der Waals surface area contributed by atoms with Crippen molar-refractivity contribution in [2.75, 3.05) is 5.75 Å². The topological polar surface area (TPSA) is 132 Å². The molecule has 3 N–H and O–H groups in total. The van der Waals surface area contributed by atoms with Gasteiger partial charge in [-0.15, -0.1) is 5.10 Å². The molecule has 4 unspecified atom stereocenters. The van der Waals surface area contributed by atoms with Gasteiger partial charge in [0.25, 0.3) is 0 Å². The van der Waals surface area contributed by atoms with Gasteiger partial charge in [-0.05, 0) is 57.8 Å². The number of aromatic nitrogens is 4. The summed E-state index contributed by atoms with van der Waals surface area (Å²) in [6.45, 7) is 4.85. The van der Waals surface area contributed by atoms with Crippen molar-refractivity contribution >= 4 is 17.7 Å². The van der Waals surface area contributed by atoms with Crippen LogP contribution in [0, 0.1) is 5.92 Å². The number of nitrogens with one attached hydrogen (secondary N) is 1. The quantitative estimate of drug-likeness (QED) is 0.0500. The van der Waals surface area contributed by atoms with Crippen molar-refractivity contribution in [1.82, 2.24) is 25.5 Å². The molecular formula is C43H59N5O5S. The molecule has 4 atom stereocenters. The number of aliphatic hydroxyl groups is 1. The molecule has 1 saturated heterocycles. The van der Waals surface area contributed by atoms with E-state index in [0.717, 1.165) is 40.8 Å². The van der Waals surface area contributed by atoms with Gasteiger partial charge in [0.2, 0.25) is 11.1 Å². The fraction of sp³-hybridized carbons (Fsp3) is 0.535. The predicted octanol–water partition coefficient (Wildman–Crippen LogP) is 9.54. The van der Waals surface area contributed by atoms with Crippen molar-refractivity contribution in [1.29, 1.82) is 0 Å². The van der Waals surface area contributed by atoms with Crippen molar-refractivity contribution < 1.29 is 24.5 Å². The number of amides is 1. The van der Waals surface area contributed by atoms with Crippen LogP contribution in [0.2, 0.25) is 0 Å². The maximum Gasteiger partial charge on any atom is 0.220 e. The van der Waals surface area contributed by atoms with Gasteiger partial charge in [0.15, 0.2) is 6.29 Å². The Bertz CT molecular complexity index is 1650. The molecule has 1 fully saturated rings. The lowest BCUT2D eigenvalue weighted by Crippen LogP contribution is -2.38. The van der Waals surface area contributed by atoms with Crippen LogP contribution in [0.1, 0.15) is 138 Å². The molecule has 3 aromatic carbocycles. The first kappa shape index (κ1) is 41.4. The number of benzene rings is 3. The number of unbranched alkanes of at least 4 members (excludes halogenated alkanes) is 12. The first-order valence-corrected chi connectivity index (χ1v) is 21.0. The monoisotopic (exact) mass is 757 g/mol. The molecule has 0 spiro atoms. The van der Waals surface area contributed by atoms with Crippen LogP contribution in [-0.2, 0) is 27.4 Å². The molecular weight excluding hydrogens is 699 g/mol. The van der Waals surface area contributed by atoms with Crippen LogP contribution in [0.25, 0.3) is 5.69 Å². The van der Waals surface area contributed by atoms with Gasteiger partial charge in [0, 0.05) is 30.2 Å². The summed E-state index contributed by atoms with van der Waals surface area (Å²) in [6, 6.07) is 22.7. The second-order valence-electron chi connectivity index (χ2n) is 14.5. The Morgan fingerprint density at radius 3 is 2.00 bits per heavy atom. The number of ether oxygens (including phenoxy) is 2. The van der Waals surface area contributed by atoms with Crippen molar-refractivity contribution in [2.45, 2.75) is 141 Å². The second-order valence-corrected chi connectivity index (χ2v) is 15.5. The smallest absolute Gasteiger partial charge is 0.220 e. The minimum Gasteiger partial charge on any atom is -0.508 e. The summed E-state index contributed by atoms with van der Waals surface area (Å²) in [5.74, 6) is 0.847. The lowest BCUT2D eigenvalue weighted by Gasteiger charge is -2.41. The van der Waals surface area contributed by atoms with Crippen LogP contribution >= 0.6 is 11.8 Å². The Hall–Kier alpha value is -3.77. The third-order valence-electron chi connectivity index (χ3n) is 10.3. The predicted molar refractivity (Wildman–Crippen MR) is 213 cm³/mol. The molecule has 0 bridgehead atoms. The maximum atomic E-state index is 12.6. The number of rotatable bonds is 23. The van der Waals surface area contributed by atoms with Gasteiger partial charge in [0.05, 0.1) is 24.5 Å². The Morgan fingerprint density at radius 2 is 1.37 bits per heavy atom. The third-order valence-corrected chi connectivity index (χ3v) is 11.3. The summed E-state index contributed by atoms with van der Waals surface area (Å²) in [5, 5.41) is 35.3. The summed E-state index contributed by atoms with van der Waals surface area (Å²) in [7, 11) is 0. The van der Waals surface area contributed by atoms with Crippen molar-refractivity contribution in [3.8, 4) is 11.4 Å². The standard InChI is InChI=1S/C43H59N5O5S/c1-3-4-5-6-7-8-9-10-11-12-13-14-15-16-40(51)44-29-33-17-23-36(24-18-33)42-52-39(32(2)41(53-42)35-21-19-34(30-49)20-22-35)31-54-43-45-46-47-48(43)37-25-27-38(50)28-26-37/h17-28,32,39,41-42,49-50H,3-16,29-31H2,1-2H3,(H,44,51). The Morgan fingerprint density at radius 1 is 0.778 bits per heavy atom. The second kappa shape index (κ2) is 22.6. The zero-order valence-electron chi connectivity index (χ0n) is 32.1. The Labute approximate surface area is 325 Å². The molecule has 54 heavy (non-hydrogen) atoms. The number of aromatic hydroxyl groups is 1. The number of hydrogen-bond acceptors (Lipinski definition) is 9. The molecule has 0 radical (unpaired) electrons. The minimum atomic E-state index is -0.610. The highest BCUT2D eigenvalue weighted by atomic mass is 32.2. The minimum absolute atomic E-state index is 0.00359. The van der Waals surface area contributed by atoms with E-state index in [1.807, 2.05) is 48.5 Å². The number of tetrazole rings is 1. The number of carbonyl (C=O) groups is 1. The molecule has 1 aliphatic heterocycles. The van der Waals surface area contributed by atoms with Crippen LogP contribution in [-0.4, -0.2) is 48.2 Å². The zero-order valence-corrected chi connectivity index (χ0v) is 32.9. The van der Waals surface area contributed by atoms with Gasteiger partial charge in [-0.1, -0.05) is 151 Å². The number of aliphatic hydroxyl groups excluding tert-OH is 1. The summed E-state index contributed by atoms with van der Waals surface area (Å²) >= 11 is 1.50. The van der Waals surface area contributed by atoms with E-state index in [1.165, 1.54) is 82.4 Å². The number of thioether (sulfide) groups is 1. The van der Waals surface area contributed by atoms with E-state index >= 15 is 0 Å². The lowest BCUT2D eigenvalue weighted by atomic mass is 9.91. The molecule has 292 valence electrons. The number of nitrogens with zero attached hydrogens (tertiary/aromatic N) is 4. The van der Waals surface area contributed by atoms with Crippen LogP contribution in [0.5, 0.6) is 5.75 Å². The van der Waals surface area contributed by atoms with Crippen LogP contribution in [0.4, 0.5) is 0 Å². The molecule has 1 aliphatic rings. The molecule has 1 amide bonds. The van der Waals surface area contributed by atoms with E-state index in [2.05, 4.69) is 34.7 Å². The fourth-order valence-corrected chi connectivity index (χ4v) is 7.93. The van der Waals surface area contributed by atoms with E-state index in [4.69, 9.17) is 9.47 Å². The number of carbonyl (C=O) groups excluding carboxylic acids is 1. The molecule has 2 heterocycles.